The summed E-state index contributed by atoms with van der Waals surface area (Å²) in [5.74, 6) is -0.538. The quantitative estimate of drug-likeness (QED) is 0.277. The monoisotopic (exact) mass is 589 g/mol. The van der Waals surface area contributed by atoms with Gasteiger partial charge in [0.05, 0.1) is 11.9 Å². The minimum absolute atomic E-state index is 0.0282. The van der Waals surface area contributed by atoms with E-state index in [-0.39, 0.29) is 37.7 Å². The summed E-state index contributed by atoms with van der Waals surface area (Å²) in [6, 6.07) is 10.8. The highest BCUT2D eigenvalue weighted by Crippen LogP contribution is 2.28. The summed E-state index contributed by atoms with van der Waals surface area (Å²) in [6.45, 7) is 4.54. The molecular weight excluding hydrogens is 557 g/mol. The van der Waals surface area contributed by atoms with Crippen molar-refractivity contribution in [1.82, 2.24) is 10.2 Å². The number of nitrogens with zero attached hydrogens (tertiary/aromatic N) is 2. The number of anilines is 1. The van der Waals surface area contributed by atoms with Crippen LogP contribution in [0.4, 0.5) is 5.69 Å². The van der Waals surface area contributed by atoms with Gasteiger partial charge in [-0.05, 0) is 55.7 Å². The Morgan fingerprint density at radius 3 is 2.14 bits per heavy atom. The zero-order valence-electron chi connectivity index (χ0n) is 21.3. The maximum absolute atomic E-state index is 13.5. The predicted molar refractivity (Wildman–Crippen MR) is 152 cm³/mol. The van der Waals surface area contributed by atoms with Crippen LogP contribution in [-0.2, 0) is 26.2 Å². The Labute approximate surface area is 235 Å². The molecule has 0 spiro atoms. The molecule has 0 aliphatic carbocycles. The number of benzene rings is 2. The van der Waals surface area contributed by atoms with Crippen LogP contribution in [0.25, 0.3) is 0 Å². The molecular formula is C26H34Cl3N3O4S. The molecule has 0 aliphatic rings. The van der Waals surface area contributed by atoms with Crippen molar-refractivity contribution in [2.75, 3.05) is 23.7 Å². The standard InChI is InChI=1S/C26H34Cl3N3O4S/c1-4-6-16-30-26(34)24(5-2)31(18-21-22(28)9-7-10-23(21)29)25(33)11-8-17-32(37(3,35)36)20-14-12-19(27)13-15-20/h7,9-10,12-15,24H,4-6,8,11,16-18H2,1-3H3,(H,30,34)/t24-/m0/s1. The fourth-order valence-electron chi connectivity index (χ4n) is 3.89. The molecule has 2 rings (SSSR count). The molecule has 0 bridgehead atoms. The second-order valence-corrected chi connectivity index (χ2v) is 11.9. The fraction of sp³-hybridized carbons (Fsp3) is 0.462. The summed E-state index contributed by atoms with van der Waals surface area (Å²) in [7, 11) is -3.59. The van der Waals surface area contributed by atoms with Gasteiger partial charge in [-0.3, -0.25) is 13.9 Å². The van der Waals surface area contributed by atoms with Crippen LogP contribution in [0.5, 0.6) is 0 Å². The van der Waals surface area contributed by atoms with Crippen molar-refractivity contribution >= 4 is 62.3 Å². The number of carbonyl (C=O) groups excluding carboxylic acids is 2. The first-order valence-corrected chi connectivity index (χ1v) is 15.2. The van der Waals surface area contributed by atoms with Crippen LogP contribution >= 0.6 is 34.8 Å². The summed E-state index contributed by atoms with van der Waals surface area (Å²) in [5, 5.41) is 4.20. The highest BCUT2D eigenvalue weighted by Gasteiger charge is 2.29. The molecule has 0 radical (unpaired) electrons. The zero-order chi connectivity index (χ0) is 27.6. The summed E-state index contributed by atoms with van der Waals surface area (Å²) in [5.41, 5.74) is 1.01. The molecule has 0 fully saturated rings. The molecule has 0 saturated carbocycles. The van der Waals surface area contributed by atoms with Gasteiger partial charge in [0.2, 0.25) is 21.8 Å². The molecule has 1 N–H and O–H groups in total. The van der Waals surface area contributed by atoms with E-state index in [9.17, 15) is 18.0 Å². The van der Waals surface area contributed by atoms with Gasteiger partial charge in [-0.2, -0.15) is 0 Å². The van der Waals surface area contributed by atoms with E-state index in [4.69, 9.17) is 34.8 Å². The van der Waals surface area contributed by atoms with E-state index >= 15 is 0 Å². The lowest BCUT2D eigenvalue weighted by Crippen LogP contribution is -2.49. The minimum Gasteiger partial charge on any atom is -0.354 e. The molecule has 204 valence electrons. The molecule has 0 heterocycles. The van der Waals surface area contributed by atoms with Crippen LogP contribution in [0.3, 0.4) is 0 Å². The van der Waals surface area contributed by atoms with Crippen LogP contribution in [-0.4, -0.2) is 50.5 Å². The molecule has 2 aromatic rings. The lowest BCUT2D eigenvalue weighted by Gasteiger charge is -2.31. The summed E-state index contributed by atoms with van der Waals surface area (Å²) in [6.07, 6.45) is 3.54. The second kappa shape index (κ2) is 14.8. The van der Waals surface area contributed by atoms with Crippen molar-refractivity contribution in [3.8, 4) is 0 Å². The number of halogens is 3. The van der Waals surface area contributed by atoms with Crippen LogP contribution in [0.1, 0.15) is 51.5 Å². The topological polar surface area (TPSA) is 86.8 Å². The van der Waals surface area contributed by atoms with Crippen molar-refractivity contribution in [1.29, 1.82) is 0 Å². The van der Waals surface area contributed by atoms with Crippen molar-refractivity contribution in [2.45, 2.75) is 58.5 Å². The molecule has 37 heavy (non-hydrogen) atoms. The molecule has 2 aromatic carbocycles. The van der Waals surface area contributed by atoms with Crippen molar-refractivity contribution in [3.05, 3.63) is 63.1 Å². The summed E-state index contributed by atoms with van der Waals surface area (Å²) in [4.78, 5) is 28.0. The maximum atomic E-state index is 13.5. The van der Waals surface area contributed by atoms with Gasteiger partial charge in [0, 0.05) is 46.7 Å². The van der Waals surface area contributed by atoms with Crippen LogP contribution in [0, 0.1) is 0 Å². The third kappa shape index (κ3) is 9.36. The van der Waals surface area contributed by atoms with E-state index in [2.05, 4.69) is 5.32 Å². The Morgan fingerprint density at radius 1 is 0.973 bits per heavy atom. The number of carbonyl (C=O) groups is 2. The van der Waals surface area contributed by atoms with Gasteiger partial charge in [-0.15, -0.1) is 0 Å². The number of rotatable bonds is 14. The van der Waals surface area contributed by atoms with Gasteiger partial charge in [0.25, 0.3) is 0 Å². The lowest BCUT2D eigenvalue weighted by molar-refractivity contribution is -0.141. The average Bonchev–Trinajstić information content (AvgIpc) is 2.83. The maximum Gasteiger partial charge on any atom is 0.242 e. The van der Waals surface area contributed by atoms with E-state index in [0.717, 1.165) is 19.1 Å². The van der Waals surface area contributed by atoms with Gasteiger partial charge in [0.15, 0.2) is 0 Å². The van der Waals surface area contributed by atoms with Gasteiger partial charge in [0.1, 0.15) is 6.04 Å². The molecule has 0 saturated heterocycles. The van der Waals surface area contributed by atoms with Crippen LogP contribution in [0.15, 0.2) is 42.5 Å². The third-order valence-electron chi connectivity index (χ3n) is 5.87. The third-order valence-corrected chi connectivity index (χ3v) is 8.03. The Kier molecular flexibility index (Phi) is 12.5. The highest BCUT2D eigenvalue weighted by molar-refractivity contribution is 7.92. The second-order valence-electron chi connectivity index (χ2n) is 8.71. The first-order chi connectivity index (χ1) is 17.5. The van der Waals surface area contributed by atoms with Crippen LogP contribution < -0.4 is 9.62 Å². The van der Waals surface area contributed by atoms with Gasteiger partial charge >= 0.3 is 0 Å². The number of amides is 2. The molecule has 0 aliphatic heterocycles. The zero-order valence-corrected chi connectivity index (χ0v) is 24.4. The summed E-state index contributed by atoms with van der Waals surface area (Å²) >= 11 is 18.7. The molecule has 7 nitrogen and oxygen atoms in total. The molecule has 11 heteroatoms. The van der Waals surface area contributed by atoms with E-state index in [1.165, 1.54) is 9.21 Å². The average molecular weight is 591 g/mol. The minimum atomic E-state index is -3.59. The Hall–Kier alpha value is -2.00. The number of unbranched alkanes of at least 4 members (excludes halogenated alkanes) is 1. The van der Waals surface area contributed by atoms with E-state index in [1.54, 1.807) is 42.5 Å². The van der Waals surface area contributed by atoms with Crippen molar-refractivity contribution in [3.63, 3.8) is 0 Å². The molecule has 2 amide bonds. The van der Waals surface area contributed by atoms with Gasteiger partial charge in [-0.1, -0.05) is 61.1 Å². The molecule has 0 aromatic heterocycles. The predicted octanol–water partition coefficient (Wildman–Crippen LogP) is 5.92. The summed E-state index contributed by atoms with van der Waals surface area (Å²) < 4.78 is 26.1. The molecule has 1 atom stereocenters. The Bertz CT molecular complexity index is 1140. The van der Waals surface area contributed by atoms with Crippen LogP contribution in [0.2, 0.25) is 15.1 Å². The Balaban J connectivity index is 2.24. The van der Waals surface area contributed by atoms with E-state index in [0.29, 0.717) is 39.3 Å². The van der Waals surface area contributed by atoms with Crippen molar-refractivity contribution in [2.24, 2.45) is 0 Å². The number of hydrogen-bond acceptors (Lipinski definition) is 4. The largest absolute Gasteiger partial charge is 0.354 e. The SMILES string of the molecule is CCCCNC(=O)[C@H](CC)N(Cc1c(Cl)cccc1Cl)C(=O)CCCN(c1ccc(Cl)cc1)S(C)(=O)=O. The number of nitrogens with one attached hydrogen (secondary N) is 1. The van der Waals surface area contributed by atoms with E-state index in [1.807, 2.05) is 13.8 Å². The number of sulfonamides is 1. The smallest absolute Gasteiger partial charge is 0.242 e. The lowest BCUT2D eigenvalue weighted by atomic mass is 10.1. The Morgan fingerprint density at radius 2 is 1.59 bits per heavy atom. The van der Waals surface area contributed by atoms with Gasteiger partial charge in [-0.25, -0.2) is 8.42 Å². The number of hydrogen-bond donors (Lipinski definition) is 1. The first-order valence-electron chi connectivity index (χ1n) is 12.2. The first kappa shape index (κ1) is 31.2. The van der Waals surface area contributed by atoms with E-state index < -0.39 is 16.1 Å². The normalized spacial score (nSPS) is 12.2. The fourth-order valence-corrected chi connectivity index (χ4v) is 5.50. The van der Waals surface area contributed by atoms with Crippen molar-refractivity contribution < 1.29 is 18.0 Å². The highest BCUT2D eigenvalue weighted by atomic mass is 35.5. The van der Waals surface area contributed by atoms with Gasteiger partial charge < -0.3 is 10.2 Å². The molecule has 0 unspecified atom stereocenters.